The Hall–Kier alpha value is 1.39. The molecule has 0 radical (unpaired) electrons. The van der Waals surface area contributed by atoms with Gasteiger partial charge in [-0.1, -0.05) is 22.2 Å². The summed E-state index contributed by atoms with van der Waals surface area (Å²) in [4.78, 5) is 11.6. The first-order chi connectivity index (χ1) is 5.66. The van der Waals surface area contributed by atoms with Gasteiger partial charge in [0, 0.05) is 12.1 Å². The second kappa shape index (κ2) is 5.32. The summed E-state index contributed by atoms with van der Waals surface area (Å²) in [6, 6.07) is 0. The Kier molecular flexibility index (Phi) is 5.08. The van der Waals surface area contributed by atoms with Crippen LogP contribution in [0.5, 0.6) is 0 Å². The zero-order valence-electron chi connectivity index (χ0n) is 7.29. The van der Waals surface area contributed by atoms with E-state index in [1.807, 2.05) is 0 Å². The van der Waals surface area contributed by atoms with Crippen LogP contribution in [0, 0.1) is 5.92 Å². The molecule has 4 unspecified atom stereocenters. The average molecular weight is 240 g/mol. The fourth-order valence-electron chi connectivity index (χ4n) is 1.73. The van der Waals surface area contributed by atoms with Crippen molar-refractivity contribution in [2.24, 2.45) is 5.92 Å². The summed E-state index contributed by atoms with van der Waals surface area (Å²) in [6.07, 6.45) is 3.19. The van der Waals surface area contributed by atoms with E-state index in [9.17, 15) is 4.79 Å². The molecule has 70 valence electrons. The van der Waals surface area contributed by atoms with E-state index in [0.717, 1.165) is 20.8 Å². The molecule has 0 aromatic heterocycles. The van der Waals surface area contributed by atoms with Gasteiger partial charge >= 0.3 is 0 Å². The maximum atomic E-state index is 11.6. The summed E-state index contributed by atoms with van der Waals surface area (Å²) >= 11 is 0. The van der Waals surface area contributed by atoms with E-state index in [2.05, 4.69) is 24.8 Å². The van der Waals surface area contributed by atoms with Gasteiger partial charge in [-0.15, -0.1) is 17.9 Å². The van der Waals surface area contributed by atoms with Crippen LogP contribution in [-0.4, -0.2) is 11.4 Å². The predicted octanol–water partition coefficient (Wildman–Crippen LogP) is 3.40. The Morgan fingerprint density at radius 1 is 1.67 bits per heavy atom. The van der Waals surface area contributed by atoms with Gasteiger partial charge < -0.3 is 0 Å². The van der Waals surface area contributed by atoms with Gasteiger partial charge in [0.15, 0.2) is 0 Å². The Morgan fingerprint density at radius 3 is 2.83 bits per heavy atom. The summed E-state index contributed by atoms with van der Waals surface area (Å²) in [5, 5.41) is 0. The lowest BCUT2D eigenvalue weighted by molar-refractivity contribution is -0.120. The largest absolute Gasteiger partial charge is 0.299 e. The fraction of sp³-hybridized carbons (Fsp3) is 0.857. The zero-order chi connectivity index (χ0) is 9.14. The molecule has 12 heavy (non-hydrogen) atoms. The molecule has 5 heteroatoms. The fourth-order valence-corrected chi connectivity index (χ4v) is 7.53. The highest BCUT2D eigenvalue weighted by Crippen LogP contribution is 2.71. The summed E-state index contributed by atoms with van der Waals surface area (Å²) in [5.74, 6) is 1.15. The lowest BCUT2D eigenvalue weighted by Crippen LogP contribution is -2.28. The second-order valence-corrected chi connectivity index (χ2v) is 12.8. The lowest BCUT2D eigenvalue weighted by atomic mass is 9.89. The smallest absolute Gasteiger partial charge is 0.141 e. The monoisotopic (exact) mass is 240 g/mol. The third kappa shape index (κ3) is 2.69. The molecular formula is C7H16OP4. The van der Waals surface area contributed by atoms with Gasteiger partial charge in [0.25, 0.3) is 0 Å². The van der Waals surface area contributed by atoms with Crippen molar-refractivity contribution < 1.29 is 4.79 Å². The van der Waals surface area contributed by atoms with E-state index in [-0.39, 0.29) is 7.30 Å². The van der Waals surface area contributed by atoms with E-state index < -0.39 is 0 Å². The molecule has 1 fully saturated rings. The van der Waals surface area contributed by atoms with Crippen molar-refractivity contribution in [3.8, 4) is 0 Å². The van der Waals surface area contributed by atoms with E-state index in [4.69, 9.17) is 0 Å². The minimum Gasteiger partial charge on any atom is -0.299 e. The van der Waals surface area contributed by atoms with E-state index in [1.165, 1.54) is 6.42 Å². The van der Waals surface area contributed by atoms with Crippen LogP contribution in [-0.2, 0) is 4.79 Å². The van der Waals surface area contributed by atoms with Crippen LogP contribution in [0.25, 0.3) is 0 Å². The third-order valence-corrected chi connectivity index (χ3v) is 13.5. The summed E-state index contributed by atoms with van der Waals surface area (Å²) in [5.41, 5.74) is 0.384. The standard InChI is InChI=1S/C7H16OP4/c1-5-3-2-4-6(8)7(5)12(10)11-9/h5,7,11H,2-4,9-10H2,1H3/t5-,7+,12?/m0/s1. The molecule has 1 aliphatic carbocycles. The first-order valence-electron chi connectivity index (χ1n) is 4.19. The summed E-state index contributed by atoms with van der Waals surface area (Å²) < 4.78 is 0. The molecule has 1 saturated carbocycles. The molecule has 0 saturated heterocycles. The van der Waals surface area contributed by atoms with E-state index >= 15 is 0 Å². The van der Waals surface area contributed by atoms with Gasteiger partial charge in [0.1, 0.15) is 5.78 Å². The number of rotatable bonds is 2. The van der Waals surface area contributed by atoms with Crippen molar-refractivity contribution in [2.45, 2.75) is 31.8 Å². The minimum absolute atomic E-state index is 0.117. The SMILES string of the molecule is C[C@H]1CCCC(=O)[C@@H]1P(P)PP. The van der Waals surface area contributed by atoms with Crippen LogP contribution in [0.3, 0.4) is 0 Å². The van der Waals surface area contributed by atoms with Gasteiger partial charge in [-0.2, -0.15) is 0 Å². The Balaban J connectivity index is 2.62. The highest BCUT2D eigenvalue weighted by molar-refractivity contribution is 8.61. The number of carbonyl (C=O) groups is 1. The number of hydrogen-bond acceptors (Lipinski definition) is 1. The van der Waals surface area contributed by atoms with Crippen molar-refractivity contribution in [3.63, 3.8) is 0 Å². The van der Waals surface area contributed by atoms with E-state index in [0.29, 0.717) is 17.4 Å². The van der Waals surface area contributed by atoms with Gasteiger partial charge in [0.2, 0.25) is 0 Å². The second-order valence-electron chi connectivity index (χ2n) is 3.32. The lowest BCUT2D eigenvalue weighted by Gasteiger charge is -2.31. The van der Waals surface area contributed by atoms with Crippen LogP contribution < -0.4 is 0 Å². The molecule has 1 aliphatic rings. The first-order valence-corrected chi connectivity index (χ1v) is 10.9. The van der Waals surface area contributed by atoms with Crippen molar-refractivity contribution in [3.05, 3.63) is 0 Å². The van der Waals surface area contributed by atoms with Gasteiger partial charge in [-0.05, 0) is 18.8 Å². The summed E-state index contributed by atoms with van der Waals surface area (Å²) in [6.45, 7) is 2.23. The molecule has 0 aromatic carbocycles. The molecule has 0 aromatic rings. The molecule has 1 rings (SSSR count). The predicted molar refractivity (Wildman–Crippen MR) is 66.5 cm³/mol. The number of Topliss-reactive ketones (excluding diaryl/α,β-unsaturated/α-hetero) is 1. The van der Waals surface area contributed by atoms with Crippen molar-refractivity contribution in [1.82, 2.24) is 0 Å². The average Bonchev–Trinajstić information content (AvgIpc) is 2.03. The topological polar surface area (TPSA) is 17.1 Å². The molecule has 0 N–H and O–H groups in total. The van der Waals surface area contributed by atoms with Crippen LogP contribution in [0.4, 0.5) is 0 Å². The molecule has 0 aliphatic heterocycles. The van der Waals surface area contributed by atoms with Crippen LogP contribution in [0.1, 0.15) is 26.2 Å². The van der Waals surface area contributed by atoms with Crippen LogP contribution >= 0.6 is 33.1 Å². The van der Waals surface area contributed by atoms with Crippen LogP contribution in [0.2, 0.25) is 0 Å². The van der Waals surface area contributed by atoms with Gasteiger partial charge in [-0.25, -0.2) is 0 Å². The van der Waals surface area contributed by atoms with Gasteiger partial charge in [0.05, 0.1) is 0 Å². The number of hydrogen-bond donors (Lipinski definition) is 0. The number of ketones is 1. The normalized spacial score (nSPS) is 34.4. The Labute approximate surface area is 81.8 Å². The molecule has 0 spiro atoms. The van der Waals surface area contributed by atoms with Crippen molar-refractivity contribution >= 4 is 38.9 Å². The molecule has 0 heterocycles. The quantitative estimate of drug-likeness (QED) is 0.676. The Morgan fingerprint density at radius 2 is 2.33 bits per heavy atom. The highest BCUT2D eigenvalue weighted by atomic mass is 32.6. The highest BCUT2D eigenvalue weighted by Gasteiger charge is 2.32. The zero-order valence-corrected chi connectivity index (χ0v) is 11.5. The number of carbonyl (C=O) groups excluding carboxylic acids is 1. The maximum Gasteiger partial charge on any atom is 0.141 e. The first kappa shape index (κ1) is 11.5. The maximum absolute atomic E-state index is 11.6. The third-order valence-electron chi connectivity index (χ3n) is 2.40. The van der Waals surface area contributed by atoms with E-state index in [1.54, 1.807) is 0 Å². The van der Waals surface area contributed by atoms with Gasteiger partial charge in [-0.3, -0.25) is 4.79 Å². The molecule has 1 nitrogen and oxygen atoms in total. The Bertz CT molecular complexity index is 169. The molecule has 6 atom stereocenters. The van der Waals surface area contributed by atoms with Crippen molar-refractivity contribution in [2.75, 3.05) is 0 Å². The van der Waals surface area contributed by atoms with Crippen LogP contribution in [0.15, 0.2) is 0 Å². The van der Waals surface area contributed by atoms with Crippen molar-refractivity contribution in [1.29, 1.82) is 0 Å². The summed E-state index contributed by atoms with van der Waals surface area (Å²) in [7, 11) is 6.41. The molecular weight excluding hydrogens is 224 g/mol. The molecule has 0 amide bonds. The molecule has 0 bridgehead atoms. The minimum atomic E-state index is -0.117.